The van der Waals surface area contributed by atoms with Crippen LogP contribution in [0.15, 0.2) is 90.1 Å². The summed E-state index contributed by atoms with van der Waals surface area (Å²) in [6.45, 7) is 2.00. The molecule has 1 N–H and O–H groups in total. The predicted octanol–water partition coefficient (Wildman–Crippen LogP) is 5.97. The number of alkyl halides is 2. The van der Waals surface area contributed by atoms with E-state index < -0.39 is 28.4 Å². The molecule has 1 amide bonds. The zero-order valence-corrected chi connectivity index (χ0v) is 24.2. The van der Waals surface area contributed by atoms with Gasteiger partial charge in [0, 0.05) is 49.1 Å². The van der Waals surface area contributed by atoms with Gasteiger partial charge in [0.25, 0.3) is 5.92 Å². The molecule has 1 fully saturated rings. The maximum absolute atomic E-state index is 15.1. The van der Waals surface area contributed by atoms with Gasteiger partial charge in [0.15, 0.2) is 0 Å². The third-order valence-electron chi connectivity index (χ3n) is 8.31. The van der Waals surface area contributed by atoms with Crippen LogP contribution in [-0.2, 0) is 34.3 Å². The number of halogens is 2. The summed E-state index contributed by atoms with van der Waals surface area (Å²) in [5.41, 5.74) is 2.37. The van der Waals surface area contributed by atoms with Crippen molar-refractivity contribution in [3.8, 4) is 0 Å². The van der Waals surface area contributed by atoms with Gasteiger partial charge in [-0.3, -0.25) is 4.79 Å². The van der Waals surface area contributed by atoms with E-state index in [1.54, 1.807) is 35.5 Å². The molecule has 6 rings (SSSR count). The number of carbonyl (C=O) groups is 1. The van der Waals surface area contributed by atoms with Crippen LogP contribution in [0.5, 0.6) is 0 Å². The van der Waals surface area contributed by atoms with Crippen LogP contribution in [-0.4, -0.2) is 23.9 Å². The molecule has 10 heteroatoms. The first-order valence-corrected chi connectivity index (χ1v) is 15.5. The number of nitrogens with one attached hydrogen (secondary N) is 1. The van der Waals surface area contributed by atoms with Crippen molar-refractivity contribution in [1.82, 2.24) is 14.3 Å². The highest BCUT2D eigenvalue weighted by Crippen LogP contribution is 2.50. The number of sulfonamides is 1. The van der Waals surface area contributed by atoms with Crippen molar-refractivity contribution >= 4 is 21.6 Å². The van der Waals surface area contributed by atoms with Crippen LogP contribution in [0.2, 0.25) is 0 Å². The van der Waals surface area contributed by atoms with E-state index in [0.29, 0.717) is 17.9 Å². The number of hydrogen-bond acceptors (Lipinski definition) is 4. The number of imidazole rings is 1. The third-order valence-corrected chi connectivity index (χ3v) is 9.80. The van der Waals surface area contributed by atoms with Crippen LogP contribution in [0.25, 0.3) is 0 Å². The van der Waals surface area contributed by atoms with Gasteiger partial charge in [-0.2, -0.15) is 0 Å². The standard InChI is InChI=1S/C32H32F2N4O3S/c1-21-8-11-24(12-9-21)42(40,41)36-29-14-15-32(33,34)28-13-10-23(18-27(28)29)38(20-30-35-16-17-37(30)2)31(39)26-19-25(26)22-6-4-3-5-7-22/h3-13,16-18,25-26,29,36H,14-15,19-20H2,1-2H3/t25-,26-,29-/m0/s1. The molecule has 4 aromatic rings. The van der Waals surface area contributed by atoms with Crippen LogP contribution in [0.1, 0.15) is 59.3 Å². The molecule has 3 aromatic carbocycles. The average Bonchev–Trinajstić information content (AvgIpc) is 3.68. The Hall–Kier alpha value is -3.89. The van der Waals surface area contributed by atoms with E-state index in [1.807, 2.05) is 48.9 Å². The summed E-state index contributed by atoms with van der Waals surface area (Å²) in [6.07, 6.45) is 3.55. The van der Waals surface area contributed by atoms with E-state index in [2.05, 4.69) is 9.71 Å². The lowest BCUT2D eigenvalue weighted by Gasteiger charge is -2.33. The van der Waals surface area contributed by atoms with Gasteiger partial charge >= 0.3 is 0 Å². The van der Waals surface area contributed by atoms with Crippen LogP contribution >= 0.6 is 0 Å². The second-order valence-electron chi connectivity index (χ2n) is 11.2. The normalized spacial score (nSPS) is 21.0. The highest BCUT2D eigenvalue weighted by atomic mass is 32.2. The van der Waals surface area contributed by atoms with Gasteiger partial charge in [-0.15, -0.1) is 0 Å². The number of rotatable bonds is 8. The second-order valence-corrected chi connectivity index (χ2v) is 13.0. The van der Waals surface area contributed by atoms with Gasteiger partial charge in [-0.1, -0.05) is 54.1 Å². The first kappa shape index (κ1) is 28.2. The molecule has 1 aromatic heterocycles. The topological polar surface area (TPSA) is 84.3 Å². The number of aromatic nitrogens is 2. The molecule has 0 saturated heterocycles. The maximum atomic E-state index is 15.1. The van der Waals surface area contributed by atoms with Gasteiger partial charge in [0.1, 0.15) is 5.82 Å². The summed E-state index contributed by atoms with van der Waals surface area (Å²) >= 11 is 0. The molecule has 218 valence electrons. The Morgan fingerprint density at radius 1 is 1.10 bits per heavy atom. The van der Waals surface area contributed by atoms with E-state index in [0.717, 1.165) is 11.1 Å². The summed E-state index contributed by atoms with van der Waals surface area (Å²) in [5, 5.41) is 0. The summed E-state index contributed by atoms with van der Waals surface area (Å²) in [4.78, 5) is 20.0. The number of carbonyl (C=O) groups excluding carboxylic acids is 1. The quantitative estimate of drug-likeness (QED) is 0.274. The molecule has 2 aliphatic rings. The van der Waals surface area contributed by atoms with Crippen molar-refractivity contribution in [2.75, 3.05) is 4.90 Å². The number of amides is 1. The number of hydrogen-bond donors (Lipinski definition) is 1. The van der Waals surface area contributed by atoms with E-state index in [-0.39, 0.29) is 46.7 Å². The molecule has 7 nitrogen and oxygen atoms in total. The third kappa shape index (κ3) is 5.48. The molecular weight excluding hydrogens is 558 g/mol. The molecule has 0 radical (unpaired) electrons. The average molecular weight is 591 g/mol. The number of benzene rings is 3. The molecule has 1 saturated carbocycles. The van der Waals surface area contributed by atoms with Gasteiger partial charge in [0.2, 0.25) is 15.9 Å². The lowest BCUT2D eigenvalue weighted by atomic mass is 9.85. The fourth-order valence-corrected chi connectivity index (χ4v) is 7.02. The minimum absolute atomic E-state index is 0.0652. The maximum Gasteiger partial charge on any atom is 0.273 e. The van der Waals surface area contributed by atoms with E-state index in [1.165, 1.54) is 24.3 Å². The lowest BCUT2D eigenvalue weighted by Crippen LogP contribution is -2.36. The molecule has 2 aliphatic carbocycles. The highest BCUT2D eigenvalue weighted by molar-refractivity contribution is 7.89. The zero-order chi connectivity index (χ0) is 29.6. The minimum Gasteiger partial charge on any atom is -0.337 e. The number of fused-ring (bicyclic) bond motifs is 1. The SMILES string of the molecule is Cc1ccc(S(=O)(=O)N[C@H]2CCC(F)(F)c3ccc(N(Cc4nccn4C)C(=O)[C@H]4C[C@H]4c4ccccc4)cc32)cc1. The number of nitrogens with zero attached hydrogens (tertiary/aromatic N) is 3. The largest absolute Gasteiger partial charge is 0.337 e. The Morgan fingerprint density at radius 3 is 2.52 bits per heavy atom. The van der Waals surface area contributed by atoms with Crippen molar-refractivity contribution in [3.05, 3.63) is 113 Å². The molecule has 0 bridgehead atoms. The smallest absolute Gasteiger partial charge is 0.273 e. The van der Waals surface area contributed by atoms with Crippen molar-refractivity contribution < 1.29 is 22.0 Å². The Morgan fingerprint density at radius 2 is 1.83 bits per heavy atom. The van der Waals surface area contributed by atoms with E-state index >= 15 is 8.78 Å². The van der Waals surface area contributed by atoms with E-state index in [9.17, 15) is 13.2 Å². The Kier molecular flexibility index (Phi) is 7.22. The molecule has 0 unspecified atom stereocenters. The molecule has 3 atom stereocenters. The molecule has 1 heterocycles. The summed E-state index contributed by atoms with van der Waals surface area (Å²) < 4.78 is 61.2. The Labute approximate surface area is 244 Å². The van der Waals surface area contributed by atoms with Gasteiger partial charge in [-0.25, -0.2) is 26.9 Å². The van der Waals surface area contributed by atoms with Crippen LogP contribution in [0.3, 0.4) is 0 Å². The van der Waals surface area contributed by atoms with E-state index in [4.69, 9.17) is 0 Å². The Balaban J connectivity index is 1.36. The predicted molar refractivity (Wildman–Crippen MR) is 155 cm³/mol. The molecule has 0 spiro atoms. The van der Waals surface area contributed by atoms with Crippen LogP contribution < -0.4 is 9.62 Å². The second kappa shape index (κ2) is 10.7. The number of anilines is 1. The van der Waals surface area contributed by atoms with Crippen molar-refractivity contribution in [2.45, 2.75) is 55.5 Å². The van der Waals surface area contributed by atoms with Crippen molar-refractivity contribution in [3.63, 3.8) is 0 Å². The summed E-state index contributed by atoms with van der Waals surface area (Å²) in [6, 6.07) is 19.7. The highest BCUT2D eigenvalue weighted by Gasteiger charge is 2.47. The van der Waals surface area contributed by atoms with Crippen LogP contribution in [0, 0.1) is 12.8 Å². The lowest BCUT2D eigenvalue weighted by molar-refractivity contribution is -0.120. The Bertz CT molecular complexity index is 1720. The van der Waals surface area contributed by atoms with Crippen molar-refractivity contribution in [1.29, 1.82) is 0 Å². The first-order chi connectivity index (χ1) is 20.0. The van der Waals surface area contributed by atoms with Gasteiger partial charge in [-0.05, 0) is 61.1 Å². The van der Waals surface area contributed by atoms with Crippen LogP contribution in [0.4, 0.5) is 14.5 Å². The fraction of sp³-hybridized carbons (Fsp3) is 0.312. The molecule has 42 heavy (non-hydrogen) atoms. The number of aryl methyl sites for hydroxylation is 2. The monoisotopic (exact) mass is 590 g/mol. The summed E-state index contributed by atoms with van der Waals surface area (Å²) in [5.74, 6) is -2.77. The molecular formula is C32H32F2N4O3S. The zero-order valence-electron chi connectivity index (χ0n) is 23.4. The minimum atomic E-state index is -3.98. The summed E-state index contributed by atoms with van der Waals surface area (Å²) in [7, 11) is -2.15. The first-order valence-electron chi connectivity index (χ1n) is 14.0. The van der Waals surface area contributed by atoms with Gasteiger partial charge in [0.05, 0.1) is 11.4 Å². The van der Waals surface area contributed by atoms with Crippen molar-refractivity contribution in [2.24, 2.45) is 13.0 Å². The van der Waals surface area contributed by atoms with Gasteiger partial charge < -0.3 is 9.47 Å². The fourth-order valence-electron chi connectivity index (χ4n) is 5.77. The molecule has 0 aliphatic heterocycles.